The van der Waals surface area contributed by atoms with Crippen LogP contribution in [0.3, 0.4) is 0 Å². The average molecular weight is 260 g/mol. The van der Waals surface area contributed by atoms with Crippen LogP contribution in [0.15, 0.2) is 36.4 Å². The van der Waals surface area contributed by atoms with Crippen molar-refractivity contribution >= 4 is 6.29 Å². The van der Waals surface area contributed by atoms with Gasteiger partial charge in [-0.05, 0) is 30.7 Å². The third-order valence-electron chi connectivity index (χ3n) is 2.68. The fourth-order valence-corrected chi connectivity index (χ4v) is 1.69. The van der Waals surface area contributed by atoms with Crippen molar-refractivity contribution in [2.45, 2.75) is 6.92 Å². The van der Waals surface area contributed by atoms with E-state index < -0.39 is 5.82 Å². The standard InChI is InChI=1S/C15H13FO3/c1-10-5-13(4-3-11(10)9-17)19-15-7-12(16)6-14(8-15)18-2/h3-9H,1-2H3. The molecule has 2 rings (SSSR count). The highest BCUT2D eigenvalue weighted by Gasteiger charge is 2.05. The summed E-state index contributed by atoms with van der Waals surface area (Å²) in [5.41, 5.74) is 1.40. The third-order valence-corrected chi connectivity index (χ3v) is 2.68. The summed E-state index contributed by atoms with van der Waals surface area (Å²) >= 11 is 0. The maximum absolute atomic E-state index is 13.3. The van der Waals surface area contributed by atoms with Crippen LogP contribution in [-0.2, 0) is 0 Å². The second-order valence-electron chi connectivity index (χ2n) is 4.07. The second-order valence-corrected chi connectivity index (χ2v) is 4.07. The van der Waals surface area contributed by atoms with E-state index in [2.05, 4.69) is 0 Å². The van der Waals surface area contributed by atoms with E-state index in [9.17, 15) is 9.18 Å². The van der Waals surface area contributed by atoms with Crippen LogP contribution in [0.5, 0.6) is 17.2 Å². The van der Waals surface area contributed by atoms with E-state index in [-0.39, 0.29) is 0 Å². The van der Waals surface area contributed by atoms with E-state index >= 15 is 0 Å². The van der Waals surface area contributed by atoms with Crippen molar-refractivity contribution in [3.05, 3.63) is 53.3 Å². The average Bonchev–Trinajstić information content (AvgIpc) is 2.38. The van der Waals surface area contributed by atoms with Gasteiger partial charge >= 0.3 is 0 Å². The highest BCUT2D eigenvalue weighted by Crippen LogP contribution is 2.27. The van der Waals surface area contributed by atoms with Gasteiger partial charge in [-0.15, -0.1) is 0 Å². The Kier molecular flexibility index (Phi) is 3.80. The Morgan fingerprint density at radius 1 is 1.05 bits per heavy atom. The molecular formula is C15H13FO3. The van der Waals surface area contributed by atoms with Crippen molar-refractivity contribution in [1.82, 2.24) is 0 Å². The number of hydrogen-bond donors (Lipinski definition) is 0. The minimum absolute atomic E-state index is 0.343. The minimum Gasteiger partial charge on any atom is -0.497 e. The van der Waals surface area contributed by atoms with Crippen molar-refractivity contribution in [2.24, 2.45) is 0 Å². The number of hydrogen-bond acceptors (Lipinski definition) is 3. The fourth-order valence-electron chi connectivity index (χ4n) is 1.69. The molecule has 0 unspecified atom stereocenters. The summed E-state index contributed by atoms with van der Waals surface area (Å²) in [6.07, 6.45) is 0.782. The summed E-state index contributed by atoms with van der Waals surface area (Å²) in [5.74, 6) is 0.831. The summed E-state index contributed by atoms with van der Waals surface area (Å²) in [5, 5.41) is 0. The molecular weight excluding hydrogens is 247 g/mol. The zero-order chi connectivity index (χ0) is 13.8. The maximum Gasteiger partial charge on any atom is 0.150 e. The highest BCUT2D eigenvalue weighted by molar-refractivity contribution is 5.77. The molecule has 2 aromatic rings. The lowest BCUT2D eigenvalue weighted by atomic mass is 10.1. The molecule has 4 heteroatoms. The molecule has 0 saturated heterocycles. The number of ether oxygens (including phenoxy) is 2. The predicted octanol–water partition coefficient (Wildman–Crippen LogP) is 3.75. The molecule has 0 atom stereocenters. The van der Waals surface area contributed by atoms with Crippen LogP contribution in [0.4, 0.5) is 4.39 Å². The van der Waals surface area contributed by atoms with Crippen LogP contribution in [0.1, 0.15) is 15.9 Å². The van der Waals surface area contributed by atoms with Gasteiger partial charge in [0.1, 0.15) is 29.4 Å². The molecule has 0 aliphatic carbocycles. The zero-order valence-electron chi connectivity index (χ0n) is 10.6. The predicted molar refractivity (Wildman–Crippen MR) is 69.6 cm³/mol. The molecule has 98 valence electrons. The number of rotatable bonds is 4. The van der Waals surface area contributed by atoms with Crippen molar-refractivity contribution in [1.29, 1.82) is 0 Å². The summed E-state index contributed by atoms with van der Waals surface area (Å²) in [6.45, 7) is 1.81. The monoisotopic (exact) mass is 260 g/mol. The summed E-state index contributed by atoms with van der Waals surface area (Å²) in [7, 11) is 1.46. The Hall–Kier alpha value is -2.36. The van der Waals surface area contributed by atoms with Gasteiger partial charge in [0.25, 0.3) is 0 Å². The molecule has 0 aromatic heterocycles. The first kappa shape index (κ1) is 13.1. The Morgan fingerprint density at radius 2 is 1.79 bits per heavy atom. The largest absolute Gasteiger partial charge is 0.497 e. The smallest absolute Gasteiger partial charge is 0.150 e. The van der Waals surface area contributed by atoms with E-state index in [1.54, 1.807) is 24.3 Å². The van der Waals surface area contributed by atoms with E-state index in [0.29, 0.717) is 22.8 Å². The molecule has 0 heterocycles. The quantitative estimate of drug-likeness (QED) is 0.785. The first-order valence-electron chi connectivity index (χ1n) is 5.70. The van der Waals surface area contributed by atoms with Gasteiger partial charge < -0.3 is 9.47 Å². The third kappa shape index (κ3) is 3.10. The van der Waals surface area contributed by atoms with Crippen molar-refractivity contribution in [2.75, 3.05) is 7.11 Å². The van der Waals surface area contributed by atoms with Gasteiger partial charge in [-0.2, -0.15) is 0 Å². The van der Waals surface area contributed by atoms with Crippen LogP contribution in [0.25, 0.3) is 0 Å². The number of aldehydes is 1. The number of halogens is 1. The van der Waals surface area contributed by atoms with Gasteiger partial charge in [0.2, 0.25) is 0 Å². The highest BCUT2D eigenvalue weighted by atomic mass is 19.1. The molecule has 0 fully saturated rings. The number of methoxy groups -OCH3 is 1. The second kappa shape index (κ2) is 5.52. The SMILES string of the molecule is COc1cc(F)cc(Oc2ccc(C=O)c(C)c2)c1. The fraction of sp³-hybridized carbons (Fsp3) is 0.133. The van der Waals surface area contributed by atoms with Gasteiger partial charge in [0.15, 0.2) is 0 Å². The molecule has 0 aliphatic rings. The molecule has 3 nitrogen and oxygen atoms in total. The first-order valence-corrected chi connectivity index (χ1v) is 5.70. The molecule has 0 radical (unpaired) electrons. The van der Waals surface area contributed by atoms with Crippen LogP contribution in [-0.4, -0.2) is 13.4 Å². The lowest BCUT2D eigenvalue weighted by Gasteiger charge is -2.09. The van der Waals surface area contributed by atoms with Gasteiger partial charge in [-0.3, -0.25) is 4.79 Å². The van der Waals surface area contributed by atoms with Gasteiger partial charge in [0.05, 0.1) is 7.11 Å². The van der Waals surface area contributed by atoms with E-state index in [0.717, 1.165) is 11.8 Å². The molecule has 0 spiro atoms. The normalized spacial score (nSPS) is 10.1. The minimum atomic E-state index is -0.435. The van der Waals surface area contributed by atoms with Crippen LogP contribution in [0.2, 0.25) is 0 Å². The number of aryl methyl sites for hydroxylation is 1. The summed E-state index contributed by atoms with van der Waals surface area (Å²) in [4.78, 5) is 10.7. The molecule has 0 aliphatic heterocycles. The van der Waals surface area contributed by atoms with E-state index in [1.165, 1.54) is 19.2 Å². The molecule has 19 heavy (non-hydrogen) atoms. The van der Waals surface area contributed by atoms with Gasteiger partial charge in [0, 0.05) is 23.8 Å². The topological polar surface area (TPSA) is 35.5 Å². The van der Waals surface area contributed by atoms with Crippen LogP contribution in [0, 0.1) is 12.7 Å². The van der Waals surface area contributed by atoms with Crippen LogP contribution < -0.4 is 9.47 Å². The van der Waals surface area contributed by atoms with E-state index in [4.69, 9.17) is 9.47 Å². The molecule has 0 amide bonds. The Morgan fingerprint density at radius 3 is 2.42 bits per heavy atom. The lowest BCUT2D eigenvalue weighted by molar-refractivity contribution is 0.112. The van der Waals surface area contributed by atoms with Crippen molar-refractivity contribution in [3.8, 4) is 17.2 Å². The molecule has 0 bridgehead atoms. The number of carbonyl (C=O) groups is 1. The van der Waals surface area contributed by atoms with E-state index in [1.807, 2.05) is 6.92 Å². The summed E-state index contributed by atoms with van der Waals surface area (Å²) in [6, 6.07) is 9.18. The van der Waals surface area contributed by atoms with Gasteiger partial charge in [-0.1, -0.05) is 0 Å². The molecule has 0 N–H and O–H groups in total. The Balaban J connectivity index is 2.28. The van der Waals surface area contributed by atoms with Crippen molar-refractivity contribution in [3.63, 3.8) is 0 Å². The Bertz CT molecular complexity index is 608. The number of carbonyl (C=O) groups excluding carboxylic acids is 1. The zero-order valence-corrected chi connectivity index (χ0v) is 10.6. The summed E-state index contributed by atoms with van der Waals surface area (Å²) < 4.78 is 23.8. The van der Waals surface area contributed by atoms with Crippen molar-refractivity contribution < 1.29 is 18.7 Å². The Labute approximate surface area is 110 Å². The molecule has 0 saturated carbocycles. The molecule has 2 aromatic carbocycles. The maximum atomic E-state index is 13.3. The van der Waals surface area contributed by atoms with Crippen LogP contribution >= 0.6 is 0 Å². The van der Waals surface area contributed by atoms with Gasteiger partial charge in [-0.25, -0.2) is 4.39 Å². The number of benzene rings is 2. The first-order chi connectivity index (χ1) is 9.12. The lowest BCUT2D eigenvalue weighted by Crippen LogP contribution is -1.91.